The zero-order chi connectivity index (χ0) is 27.3. The molecule has 1 saturated heterocycles. The molecule has 38 heavy (non-hydrogen) atoms. The SMILES string of the molecule is CCN(c1ccccc1)S(=O)(=O)c1ccc(OC)c(NC(=O)c2ccc(N3CCOCC3)c([N+](=O)[O-])c2)c1. The molecule has 3 aromatic rings. The number of nitrogens with zero attached hydrogens (tertiary/aromatic N) is 3. The summed E-state index contributed by atoms with van der Waals surface area (Å²) >= 11 is 0. The van der Waals surface area contributed by atoms with Crippen LogP contribution in [0.25, 0.3) is 0 Å². The number of nitro groups is 1. The molecule has 0 unspecified atom stereocenters. The van der Waals surface area contributed by atoms with Gasteiger partial charge in [-0.1, -0.05) is 18.2 Å². The van der Waals surface area contributed by atoms with E-state index in [-0.39, 0.29) is 34.1 Å². The highest BCUT2D eigenvalue weighted by Crippen LogP contribution is 2.33. The second-order valence-electron chi connectivity index (χ2n) is 8.38. The Balaban J connectivity index is 1.65. The Morgan fingerprint density at radius 1 is 1.11 bits per heavy atom. The molecule has 0 atom stereocenters. The summed E-state index contributed by atoms with van der Waals surface area (Å²) in [6.07, 6.45) is 0. The summed E-state index contributed by atoms with van der Waals surface area (Å²) in [7, 11) is -2.57. The number of rotatable bonds is 9. The second-order valence-corrected chi connectivity index (χ2v) is 10.2. The lowest BCUT2D eigenvalue weighted by atomic mass is 10.1. The summed E-state index contributed by atoms with van der Waals surface area (Å²) < 4.78 is 38.8. The van der Waals surface area contributed by atoms with Gasteiger partial charge in [-0.3, -0.25) is 19.2 Å². The number of morpholine rings is 1. The summed E-state index contributed by atoms with van der Waals surface area (Å²) in [6.45, 7) is 3.84. The van der Waals surface area contributed by atoms with Gasteiger partial charge in [-0.2, -0.15) is 0 Å². The molecule has 0 saturated carbocycles. The van der Waals surface area contributed by atoms with Crippen LogP contribution in [-0.2, 0) is 14.8 Å². The van der Waals surface area contributed by atoms with Crippen molar-refractivity contribution in [3.05, 3.63) is 82.4 Å². The molecule has 0 radical (unpaired) electrons. The number of amides is 1. The third-order valence-electron chi connectivity index (χ3n) is 6.12. The molecule has 4 rings (SSSR count). The predicted octanol–water partition coefficient (Wildman–Crippen LogP) is 3.91. The number of carbonyl (C=O) groups is 1. The van der Waals surface area contributed by atoms with Gasteiger partial charge in [0.15, 0.2) is 0 Å². The van der Waals surface area contributed by atoms with Crippen LogP contribution in [0.1, 0.15) is 17.3 Å². The molecule has 1 aliphatic heterocycles. The molecule has 0 aliphatic carbocycles. The highest BCUT2D eigenvalue weighted by Gasteiger charge is 2.26. The molecule has 3 aromatic carbocycles. The van der Waals surface area contributed by atoms with Crippen LogP contribution in [0.5, 0.6) is 5.75 Å². The number of ether oxygens (including phenoxy) is 2. The number of para-hydroxylation sites is 1. The van der Waals surface area contributed by atoms with Crippen molar-refractivity contribution in [3.8, 4) is 5.75 Å². The minimum Gasteiger partial charge on any atom is -0.495 e. The van der Waals surface area contributed by atoms with Gasteiger partial charge in [0.25, 0.3) is 21.6 Å². The Kier molecular flexibility index (Phi) is 8.13. The van der Waals surface area contributed by atoms with Crippen molar-refractivity contribution in [3.63, 3.8) is 0 Å². The Morgan fingerprint density at radius 3 is 2.45 bits per heavy atom. The fourth-order valence-corrected chi connectivity index (χ4v) is 5.74. The first-order valence-electron chi connectivity index (χ1n) is 11.9. The molecular weight excluding hydrogens is 512 g/mol. The molecule has 0 aromatic heterocycles. The van der Waals surface area contributed by atoms with E-state index in [2.05, 4.69) is 5.32 Å². The standard InChI is InChI=1S/C26H28N4O7S/c1-3-29(20-7-5-4-6-8-20)38(34,35)21-10-12-25(36-2)22(18-21)27-26(31)19-9-11-23(24(17-19)30(32)33)28-13-15-37-16-14-28/h4-12,17-18H,3,13-16H2,1-2H3,(H,27,31). The molecule has 1 amide bonds. The lowest BCUT2D eigenvalue weighted by molar-refractivity contribution is -0.384. The average Bonchev–Trinajstić information content (AvgIpc) is 2.94. The number of anilines is 3. The number of sulfonamides is 1. The van der Waals surface area contributed by atoms with Crippen LogP contribution < -0.4 is 19.3 Å². The van der Waals surface area contributed by atoms with Gasteiger partial charge in [-0.05, 0) is 49.4 Å². The van der Waals surface area contributed by atoms with E-state index in [0.717, 1.165) is 0 Å². The van der Waals surface area contributed by atoms with Crippen LogP contribution in [0, 0.1) is 10.1 Å². The van der Waals surface area contributed by atoms with Gasteiger partial charge in [-0.25, -0.2) is 8.42 Å². The number of hydrogen-bond acceptors (Lipinski definition) is 8. The van der Waals surface area contributed by atoms with Gasteiger partial charge >= 0.3 is 0 Å². The number of benzene rings is 3. The van der Waals surface area contributed by atoms with E-state index >= 15 is 0 Å². The smallest absolute Gasteiger partial charge is 0.293 e. The van der Waals surface area contributed by atoms with Gasteiger partial charge in [0.2, 0.25) is 0 Å². The van der Waals surface area contributed by atoms with E-state index in [1.165, 1.54) is 47.8 Å². The maximum absolute atomic E-state index is 13.5. The van der Waals surface area contributed by atoms with Crippen molar-refractivity contribution >= 4 is 38.7 Å². The summed E-state index contributed by atoms with van der Waals surface area (Å²) in [5, 5.41) is 14.4. The lowest BCUT2D eigenvalue weighted by Crippen LogP contribution is -2.36. The number of methoxy groups -OCH3 is 1. The maximum Gasteiger partial charge on any atom is 0.293 e. The molecule has 1 heterocycles. The topological polar surface area (TPSA) is 131 Å². The Bertz CT molecular complexity index is 1420. The minimum atomic E-state index is -3.97. The molecular formula is C26H28N4O7S. The van der Waals surface area contributed by atoms with E-state index in [9.17, 15) is 23.3 Å². The number of carbonyl (C=O) groups excluding carboxylic acids is 1. The largest absolute Gasteiger partial charge is 0.495 e. The van der Waals surface area contributed by atoms with Crippen molar-refractivity contribution in [2.75, 3.05) is 54.5 Å². The van der Waals surface area contributed by atoms with Crippen LogP contribution in [-0.4, -0.2) is 59.2 Å². The zero-order valence-corrected chi connectivity index (χ0v) is 21.8. The summed E-state index contributed by atoms with van der Waals surface area (Å²) in [5.41, 5.74) is 0.862. The molecule has 1 N–H and O–H groups in total. The van der Waals surface area contributed by atoms with Gasteiger partial charge in [-0.15, -0.1) is 0 Å². The quantitative estimate of drug-likeness (QED) is 0.319. The lowest BCUT2D eigenvalue weighted by Gasteiger charge is -2.28. The third kappa shape index (κ3) is 5.55. The normalized spacial score (nSPS) is 13.6. The first kappa shape index (κ1) is 26.9. The Labute approximate surface area is 220 Å². The highest BCUT2D eigenvalue weighted by atomic mass is 32.2. The van der Waals surface area contributed by atoms with Crippen LogP contribution >= 0.6 is 0 Å². The van der Waals surface area contributed by atoms with Gasteiger partial charge in [0, 0.05) is 31.3 Å². The molecule has 0 bridgehead atoms. The monoisotopic (exact) mass is 540 g/mol. The average molecular weight is 541 g/mol. The maximum atomic E-state index is 13.5. The molecule has 1 fully saturated rings. The van der Waals surface area contributed by atoms with Crippen molar-refractivity contribution in [1.29, 1.82) is 0 Å². The number of nitro benzene ring substituents is 1. The van der Waals surface area contributed by atoms with E-state index in [1.54, 1.807) is 37.3 Å². The Hall–Kier alpha value is -4.16. The zero-order valence-electron chi connectivity index (χ0n) is 21.0. The molecule has 12 heteroatoms. The van der Waals surface area contributed by atoms with Crippen molar-refractivity contribution in [1.82, 2.24) is 0 Å². The predicted molar refractivity (Wildman–Crippen MR) is 144 cm³/mol. The number of hydrogen-bond donors (Lipinski definition) is 1. The fourth-order valence-electron chi connectivity index (χ4n) is 4.24. The first-order valence-corrected chi connectivity index (χ1v) is 13.4. The van der Waals surface area contributed by atoms with E-state index in [0.29, 0.717) is 37.7 Å². The summed E-state index contributed by atoms with van der Waals surface area (Å²) in [6, 6.07) is 17.1. The van der Waals surface area contributed by atoms with Crippen molar-refractivity contribution < 1.29 is 27.6 Å². The molecule has 200 valence electrons. The summed E-state index contributed by atoms with van der Waals surface area (Å²) in [4.78, 5) is 26.2. The molecule has 1 aliphatic rings. The second kappa shape index (κ2) is 11.5. The van der Waals surface area contributed by atoms with Crippen LogP contribution in [0.2, 0.25) is 0 Å². The van der Waals surface area contributed by atoms with E-state index in [4.69, 9.17) is 9.47 Å². The fraction of sp³-hybridized carbons (Fsp3) is 0.269. The van der Waals surface area contributed by atoms with E-state index < -0.39 is 20.9 Å². The Morgan fingerprint density at radius 2 is 1.82 bits per heavy atom. The molecule has 11 nitrogen and oxygen atoms in total. The van der Waals surface area contributed by atoms with Gasteiger partial charge in [0.1, 0.15) is 11.4 Å². The van der Waals surface area contributed by atoms with Gasteiger partial charge in [0.05, 0.1) is 41.5 Å². The van der Waals surface area contributed by atoms with Crippen LogP contribution in [0.15, 0.2) is 71.6 Å². The highest BCUT2D eigenvalue weighted by molar-refractivity contribution is 7.92. The van der Waals surface area contributed by atoms with Gasteiger partial charge < -0.3 is 19.7 Å². The first-order chi connectivity index (χ1) is 18.3. The van der Waals surface area contributed by atoms with Crippen molar-refractivity contribution in [2.24, 2.45) is 0 Å². The van der Waals surface area contributed by atoms with Crippen LogP contribution in [0.3, 0.4) is 0 Å². The molecule has 0 spiro atoms. The van der Waals surface area contributed by atoms with E-state index in [1.807, 2.05) is 4.90 Å². The summed E-state index contributed by atoms with van der Waals surface area (Å²) in [5.74, 6) is -0.413. The number of nitrogens with one attached hydrogen (secondary N) is 1. The third-order valence-corrected chi connectivity index (χ3v) is 8.02. The minimum absolute atomic E-state index is 0.0449. The van der Waals surface area contributed by atoms with Crippen molar-refractivity contribution in [2.45, 2.75) is 11.8 Å². The van der Waals surface area contributed by atoms with Crippen LogP contribution in [0.4, 0.5) is 22.7 Å².